The summed E-state index contributed by atoms with van der Waals surface area (Å²) < 4.78 is 5.33. The number of carbonyl (C=O) groups is 1. The Labute approximate surface area is 146 Å². The molecule has 130 valence electrons. The van der Waals surface area contributed by atoms with Gasteiger partial charge in [0.05, 0.1) is 5.92 Å². The number of aromatic nitrogens is 3. The minimum Gasteiger partial charge on any atom is -0.457 e. The number of nitrogens with one attached hydrogen (secondary N) is 1. The van der Waals surface area contributed by atoms with E-state index >= 15 is 0 Å². The Morgan fingerprint density at radius 2 is 2.04 bits per heavy atom. The lowest BCUT2D eigenvalue weighted by Crippen LogP contribution is -2.19. The highest BCUT2D eigenvalue weighted by Crippen LogP contribution is 2.20. The molecule has 7 heteroatoms. The van der Waals surface area contributed by atoms with E-state index in [9.17, 15) is 4.79 Å². The molecule has 1 aliphatic rings. The Kier molecular flexibility index (Phi) is 5.23. The first-order valence-corrected chi connectivity index (χ1v) is 8.26. The van der Waals surface area contributed by atoms with Gasteiger partial charge in [-0.2, -0.15) is 15.0 Å². The molecule has 0 unspecified atom stereocenters. The second-order valence-corrected chi connectivity index (χ2v) is 6.01. The van der Waals surface area contributed by atoms with Crippen LogP contribution in [-0.4, -0.2) is 20.9 Å². The number of anilines is 3. The third kappa shape index (κ3) is 4.76. The van der Waals surface area contributed by atoms with Gasteiger partial charge in [-0.05, 0) is 38.3 Å². The third-order valence-electron chi connectivity index (χ3n) is 3.95. The van der Waals surface area contributed by atoms with E-state index in [0.717, 1.165) is 30.5 Å². The number of hydrogen-bond acceptors (Lipinski definition) is 7. The fraction of sp³-hybridized carbons (Fsp3) is 0.333. The van der Waals surface area contributed by atoms with Crippen molar-refractivity contribution in [2.24, 2.45) is 5.92 Å². The Hall–Kier alpha value is -2.96. The predicted octanol–water partition coefficient (Wildman–Crippen LogP) is 2.91. The lowest BCUT2D eigenvalue weighted by molar-refractivity contribution is -0.150. The lowest BCUT2D eigenvalue weighted by Gasteiger charge is -2.16. The maximum Gasteiger partial charge on any atom is 0.309 e. The summed E-state index contributed by atoms with van der Waals surface area (Å²) in [5, 5.41) is 3.07. The van der Waals surface area contributed by atoms with Gasteiger partial charge < -0.3 is 15.8 Å². The van der Waals surface area contributed by atoms with E-state index in [4.69, 9.17) is 10.5 Å². The number of hydrogen-bond donors (Lipinski definition) is 2. The van der Waals surface area contributed by atoms with Crippen LogP contribution in [0.15, 0.2) is 36.4 Å². The molecular weight excluding hydrogens is 318 g/mol. The highest BCUT2D eigenvalue weighted by molar-refractivity contribution is 5.72. The van der Waals surface area contributed by atoms with Gasteiger partial charge in [0.25, 0.3) is 0 Å². The number of nitrogens with two attached hydrogens (primary N) is 1. The normalized spacial score (nSPS) is 16.4. The molecule has 3 rings (SSSR count). The van der Waals surface area contributed by atoms with E-state index in [1.165, 1.54) is 0 Å². The molecule has 0 fully saturated rings. The second kappa shape index (κ2) is 7.74. The van der Waals surface area contributed by atoms with Crippen molar-refractivity contribution < 1.29 is 9.53 Å². The summed E-state index contributed by atoms with van der Waals surface area (Å²) >= 11 is 0. The number of ether oxygens (including phenoxy) is 1. The van der Waals surface area contributed by atoms with Crippen LogP contribution in [0.2, 0.25) is 0 Å². The third-order valence-corrected chi connectivity index (χ3v) is 3.95. The lowest BCUT2D eigenvalue weighted by atomic mass is 9.95. The fourth-order valence-electron chi connectivity index (χ4n) is 2.59. The van der Waals surface area contributed by atoms with Crippen LogP contribution in [-0.2, 0) is 16.1 Å². The number of nitrogen functional groups attached to an aromatic ring is 1. The maximum atomic E-state index is 12.1. The van der Waals surface area contributed by atoms with Gasteiger partial charge in [0.2, 0.25) is 11.9 Å². The average Bonchev–Trinajstić information content (AvgIpc) is 2.62. The number of allylic oxidation sites excluding steroid dienone is 2. The SMILES string of the molecule is Cc1ccc(Nc2nc(N)nc(COC(=O)[C@H]3CC=CCC3)n2)cc1. The summed E-state index contributed by atoms with van der Waals surface area (Å²) in [4.78, 5) is 24.4. The number of benzene rings is 1. The molecule has 7 nitrogen and oxygen atoms in total. The minimum atomic E-state index is -0.226. The number of aryl methyl sites for hydroxylation is 1. The first-order chi connectivity index (χ1) is 12.1. The van der Waals surface area contributed by atoms with Crippen LogP contribution in [0.3, 0.4) is 0 Å². The first kappa shape index (κ1) is 16.9. The summed E-state index contributed by atoms with van der Waals surface area (Å²) in [6.45, 7) is 1.99. The zero-order chi connectivity index (χ0) is 17.6. The average molecular weight is 339 g/mol. The molecule has 3 N–H and O–H groups in total. The molecule has 0 saturated carbocycles. The molecule has 0 amide bonds. The van der Waals surface area contributed by atoms with Gasteiger partial charge in [-0.3, -0.25) is 4.79 Å². The van der Waals surface area contributed by atoms with Crippen molar-refractivity contribution >= 4 is 23.6 Å². The molecule has 0 spiro atoms. The molecule has 0 saturated heterocycles. The summed E-state index contributed by atoms with van der Waals surface area (Å²) in [5.74, 6) is 0.409. The second-order valence-electron chi connectivity index (χ2n) is 6.01. The highest BCUT2D eigenvalue weighted by atomic mass is 16.5. The van der Waals surface area contributed by atoms with Crippen molar-refractivity contribution in [3.63, 3.8) is 0 Å². The topological polar surface area (TPSA) is 103 Å². The van der Waals surface area contributed by atoms with Crippen LogP contribution in [0.5, 0.6) is 0 Å². The molecule has 0 aliphatic heterocycles. The number of carbonyl (C=O) groups excluding carboxylic acids is 1. The van der Waals surface area contributed by atoms with Crippen LogP contribution in [0.1, 0.15) is 30.7 Å². The molecule has 1 aromatic carbocycles. The molecule has 1 aromatic heterocycles. The molecule has 0 bridgehead atoms. The maximum absolute atomic E-state index is 12.1. The van der Waals surface area contributed by atoms with Crippen LogP contribution >= 0.6 is 0 Å². The molecule has 1 aliphatic carbocycles. The van der Waals surface area contributed by atoms with Crippen molar-refractivity contribution in [1.29, 1.82) is 0 Å². The van der Waals surface area contributed by atoms with Crippen LogP contribution in [0, 0.1) is 12.8 Å². The van der Waals surface area contributed by atoms with Crippen molar-refractivity contribution in [3.8, 4) is 0 Å². The van der Waals surface area contributed by atoms with E-state index in [1.807, 2.05) is 37.3 Å². The molecule has 1 heterocycles. The van der Waals surface area contributed by atoms with Crippen LogP contribution in [0.25, 0.3) is 0 Å². The van der Waals surface area contributed by atoms with Gasteiger partial charge in [-0.1, -0.05) is 29.8 Å². The zero-order valence-electron chi connectivity index (χ0n) is 14.1. The highest BCUT2D eigenvalue weighted by Gasteiger charge is 2.20. The van der Waals surface area contributed by atoms with Crippen molar-refractivity contribution in [1.82, 2.24) is 15.0 Å². The van der Waals surface area contributed by atoms with Gasteiger partial charge in [-0.15, -0.1) is 0 Å². The van der Waals surface area contributed by atoms with Crippen LogP contribution in [0.4, 0.5) is 17.6 Å². The van der Waals surface area contributed by atoms with E-state index in [-0.39, 0.29) is 24.4 Å². The van der Waals surface area contributed by atoms with Gasteiger partial charge in [0, 0.05) is 5.69 Å². The zero-order valence-corrected chi connectivity index (χ0v) is 14.1. The Morgan fingerprint density at radius 3 is 2.76 bits per heavy atom. The summed E-state index contributed by atoms with van der Waals surface area (Å²) in [5.41, 5.74) is 7.73. The first-order valence-electron chi connectivity index (χ1n) is 8.26. The number of esters is 1. The number of nitrogens with zero attached hydrogens (tertiary/aromatic N) is 3. The largest absolute Gasteiger partial charge is 0.457 e. The molecule has 0 radical (unpaired) electrons. The molecule has 2 aromatic rings. The molecular formula is C18H21N5O2. The van der Waals surface area contributed by atoms with E-state index in [1.54, 1.807) is 0 Å². The molecule has 1 atom stereocenters. The summed E-state index contributed by atoms with van der Waals surface area (Å²) in [6, 6.07) is 7.81. The van der Waals surface area contributed by atoms with Gasteiger partial charge in [-0.25, -0.2) is 0 Å². The van der Waals surface area contributed by atoms with E-state index in [2.05, 4.69) is 26.3 Å². The molecule has 25 heavy (non-hydrogen) atoms. The smallest absolute Gasteiger partial charge is 0.309 e. The number of rotatable bonds is 5. The summed E-state index contributed by atoms with van der Waals surface area (Å²) in [7, 11) is 0. The summed E-state index contributed by atoms with van der Waals surface area (Å²) in [6.07, 6.45) is 6.54. The van der Waals surface area contributed by atoms with Gasteiger partial charge in [0.1, 0.15) is 0 Å². The van der Waals surface area contributed by atoms with Crippen molar-refractivity contribution in [3.05, 3.63) is 47.8 Å². The fourth-order valence-corrected chi connectivity index (χ4v) is 2.59. The predicted molar refractivity (Wildman–Crippen MR) is 95.0 cm³/mol. The van der Waals surface area contributed by atoms with Gasteiger partial charge >= 0.3 is 5.97 Å². The van der Waals surface area contributed by atoms with Crippen LogP contribution < -0.4 is 11.1 Å². The standard InChI is InChI=1S/C18H21N5O2/c1-12-7-9-14(10-8-12)20-18-22-15(21-17(19)23-18)11-25-16(24)13-5-3-2-4-6-13/h2-3,7-10,13H,4-6,11H2,1H3,(H3,19,20,21,22,23)/t13-/m0/s1. The minimum absolute atomic E-state index is 0.0195. The monoisotopic (exact) mass is 339 g/mol. The van der Waals surface area contributed by atoms with Gasteiger partial charge in [0.15, 0.2) is 12.4 Å². The van der Waals surface area contributed by atoms with E-state index in [0.29, 0.717) is 11.8 Å². The Balaban J connectivity index is 1.63. The Bertz CT molecular complexity index is 774. The quantitative estimate of drug-likeness (QED) is 0.637. The van der Waals surface area contributed by atoms with Crippen molar-refractivity contribution in [2.75, 3.05) is 11.1 Å². The van der Waals surface area contributed by atoms with E-state index < -0.39 is 0 Å². The Morgan fingerprint density at radius 1 is 1.24 bits per heavy atom. The van der Waals surface area contributed by atoms with Crippen molar-refractivity contribution in [2.45, 2.75) is 32.8 Å².